The second-order valence-corrected chi connectivity index (χ2v) is 6.02. The van der Waals surface area contributed by atoms with Gasteiger partial charge in [0.1, 0.15) is 34.6 Å². The van der Waals surface area contributed by atoms with Gasteiger partial charge in [0.2, 0.25) is 0 Å². The fourth-order valence-electron chi connectivity index (χ4n) is 3.22. The number of rotatable bonds is 4. The highest BCUT2D eigenvalue weighted by atomic mass is 16.5. The van der Waals surface area contributed by atoms with Crippen LogP contribution in [0.3, 0.4) is 0 Å². The van der Waals surface area contributed by atoms with Crippen LogP contribution in [0.5, 0.6) is 11.5 Å². The van der Waals surface area contributed by atoms with E-state index >= 15 is 0 Å². The Morgan fingerprint density at radius 2 is 2.00 bits per heavy atom. The number of aliphatic hydroxyl groups excluding tert-OH is 1. The van der Waals surface area contributed by atoms with Crippen molar-refractivity contribution >= 4 is 5.78 Å². The minimum absolute atomic E-state index is 0.176. The molecule has 3 rings (SSSR count). The normalized spacial score (nSPS) is 22.5. The lowest BCUT2D eigenvalue weighted by molar-refractivity contribution is -0.133. The van der Waals surface area contributed by atoms with Crippen LogP contribution in [0, 0.1) is 5.41 Å². The average molecular weight is 324 g/mol. The van der Waals surface area contributed by atoms with E-state index in [1.165, 1.54) is 6.92 Å². The van der Waals surface area contributed by atoms with E-state index in [9.17, 15) is 9.90 Å². The Bertz CT molecular complexity index is 781. The zero-order valence-corrected chi connectivity index (χ0v) is 13.8. The predicted octanol–water partition coefficient (Wildman–Crippen LogP) is 3.45. The Morgan fingerprint density at radius 1 is 1.29 bits per heavy atom. The molecule has 0 saturated carbocycles. The molecule has 4 nitrogen and oxygen atoms in total. The van der Waals surface area contributed by atoms with Crippen LogP contribution >= 0.6 is 0 Å². The van der Waals surface area contributed by atoms with E-state index in [4.69, 9.17) is 9.47 Å². The lowest BCUT2D eigenvalue weighted by Crippen LogP contribution is -2.44. The van der Waals surface area contributed by atoms with Gasteiger partial charge in [-0.15, -0.1) is 0 Å². The van der Waals surface area contributed by atoms with E-state index in [2.05, 4.69) is 6.58 Å². The van der Waals surface area contributed by atoms with Gasteiger partial charge >= 0.3 is 0 Å². The lowest BCUT2D eigenvalue weighted by atomic mass is 9.69. The third-order valence-corrected chi connectivity index (χ3v) is 4.67. The SMILES string of the molecule is C=C1Oc2cc(OC)ccc2C(O)C1(Cc1ccccc1)C(C)=O. The van der Waals surface area contributed by atoms with Gasteiger partial charge in [-0.2, -0.15) is 0 Å². The summed E-state index contributed by atoms with van der Waals surface area (Å²) in [5, 5.41) is 11.0. The summed E-state index contributed by atoms with van der Waals surface area (Å²) in [5.74, 6) is 1.17. The van der Waals surface area contributed by atoms with Crippen molar-refractivity contribution < 1.29 is 19.4 Å². The number of carbonyl (C=O) groups is 1. The highest BCUT2D eigenvalue weighted by Crippen LogP contribution is 2.51. The van der Waals surface area contributed by atoms with Crippen LogP contribution in [0.25, 0.3) is 0 Å². The zero-order valence-electron chi connectivity index (χ0n) is 13.8. The van der Waals surface area contributed by atoms with Crippen LogP contribution in [-0.2, 0) is 11.2 Å². The summed E-state index contributed by atoms with van der Waals surface area (Å²) in [5.41, 5.74) is 0.297. The van der Waals surface area contributed by atoms with E-state index in [1.807, 2.05) is 30.3 Å². The van der Waals surface area contributed by atoms with Crippen molar-refractivity contribution in [2.45, 2.75) is 19.4 Å². The van der Waals surface area contributed by atoms with Gasteiger partial charge in [-0.25, -0.2) is 0 Å². The van der Waals surface area contributed by atoms with E-state index in [-0.39, 0.29) is 11.5 Å². The highest BCUT2D eigenvalue weighted by Gasteiger charge is 2.51. The molecule has 1 aliphatic heterocycles. The smallest absolute Gasteiger partial charge is 0.146 e. The van der Waals surface area contributed by atoms with Gasteiger partial charge in [-0.3, -0.25) is 4.79 Å². The summed E-state index contributed by atoms with van der Waals surface area (Å²) in [6.45, 7) is 5.41. The monoisotopic (exact) mass is 324 g/mol. The van der Waals surface area contributed by atoms with Crippen molar-refractivity contribution in [2.24, 2.45) is 5.41 Å². The Balaban J connectivity index is 2.09. The average Bonchev–Trinajstić information content (AvgIpc) is 2.58. The fraction of sp³-hybridized carbons (Fsp3) is 0.250. The maximum absolute atomic E-state index is 12.6. The molecule has 0 fully saturated rings. The zero-order chi connectivity index (χ0) is 17.3. The molecule has 0 saturated heterocycles. The van der Waals surface area contributed by atoms with Crippen molar-refractivity contribution in [1.29, 1.82) is 0 Å². The number of hydrogen-bond acceptors (Lipinski definition) is 4. The molecule has 24 heavy (non-hydrogen) atoms. The first-order valence-electron chi connectivity index (χ1n) is 7.77. The van der Waals surface area contributed by atoms with Gasteiger partial charge in [0, 0.05) is 11.6 Å². The molecule has 124 valence electrons. The van der Waals surface area contributed by atoms with E-state index < -0.39 is 11.5 Å². The summed E-state index contributed by atoms with van der Waals surface area (Å²) >= 11 is 0. The van der Waals surface area contributed by atoms with Crippen LogP contribution in [0.15, 0.2) is 60.9 Å². The van der Waals surface area contributed by atoms with E-state index in [0.717, 1.165) is 5.56 Å². The molecule has 0 amide bonds. The molecule has 2 unspecified atom stereocenters. The number of carbonyl (C=O) groups excluding carboxylic acids is 1. The van der Waals surface area contributed by atoms with Gasteiger partial charge in [0.05, 0.1) is 7.11 Å². The minimum atomic E-state index is -1.21. The molecule has 1 N–H and O–H groups in total. The van der Waals surface area contributed by atoms with Gasteiger partial charge in [0.25, 0.3) is 0 Å². The lowest BCUT2D eigenvalue weighted by Gasteiger charge is -2.41. The van der Waals surface area contributed by atoms with Crippen molar-refractivity contribution in [3.8, 4) is 11.5 Å². The first-order chi connectivity index (χ1) is 11.5. The van der Waals surface area contributed by atoms with E-state index in [0.29, 0.717) is 23.5 Å². The quantitative estimate of drug-likeness (QED) is 0.936. The molecule has 0 aromatic heterocycles. The summed E-state index contributed by atoms with van der Waals surface area (Å²) in [6.07, 6.45) is -0.702. The second kappa shape index (κ2) is 6.13. The molecular formula is C20H20O4. The molecule has 2 aromatic carbocycles. The van der Waals surface area contributed by atoms with Gasteiger partial charge in [-0.05, 0) is 31.0 Å². The predicted molar refractivity (Wildman–Crippen MR) is 91.0 cm³/mol. The third kappa shape index (κ3) is 2.49. The number of Topliss-reactive ketones (excluding diaryl/α,β-unsaturated/α-hetero) is 1. The van der Waals surface area contributed by atoms with Crippen molar-refractivity contribution in [3.63, 3.8) is 0 Å². The molecule has 1 heterocycles. The maximum atomic E-state index is 12.6. The number of benzene rings is 2. The topological polar surface area (TPSA) is 55.8 Å². The number of ether oxygens (including phenoxy) is 2. The number of hydrogen-bond donors (Lipinski definition) is 1. The standard InChI is InChI=1S/C20H20O4/c1-13(21)20(12-15-7-5-4-6-8-15)14(2)24-18-11-16(23-3)9-10-17(18)19(20)22/h4-11,19,22H,2,12H2,1,3H3. The molecule has 1 aliphatic rings. The van der Waals surface area contributed by atoms with Crippen molar-refractivity contribution in [3.05, 3.63) is 72.0 Å². The number of methoxy groups -OCH3 is 1. The Labute approximate surface area is 141 Å². The fourth-order valence-corrected chi connectivity index (χ4v) is 3.22. The first kappa shape index (κ1) is 16.3. The van der Waals surface area contributed by atoms with Crippen LogP contribution < -0.4 is 9.47 Å². The minimum Gasteiger partial charge on any atom is -0.497 e. The highest BCUT2D eigenvalue weighted by molar-refractivity contribution is 5.87. The van der Waals surface area contributed by atoms with Crippen LogP contribution in [0.2, 0.25) is 0 Å². The summed E-state index contributed by atoms with van der Waals surface area (Å²) in [6, 6.07) is 14.7. The Kier molecular flexibility index (Phi) is 4.16. The van der Waals surface area contributed by atoms with Crippen LogP contribution in [0.1, 0.15) is 24.2 Å². The number of fused-ring (bicyclic) bond motifs is 1. The molecule has 2 atom stereocenters. The summed E-state index contributed by atoms with van der Waals surface area (Å²) in [4.78, 5) is 12.6. The largest absolute Gasteiger partial charge is 0.497 e. The second-order valence-electron chi connectivity index (χ2n) is 6.02. The summed E-state index contributed by atoms with van der Waals surface area (Å²) < 4.78 is 11.0. The Morgan fingerprint density at radius 3 is 2.62 bits per heavy atom. The number of aliphatic hydroxyl groups is 1. The van der Waals surface area contributed by atoms with Gasteiger partial charge in [-0.1, -0.05) is 36.9 Å². The molecule has 0 radical (unpaired) electrons. The van der Waals surface area contributed by atoms with E-state index in [1.54, 1.807) is 25.3 Å². The molecular weight excluding hydrogens is 304 g/mol. The molecule has 4 heteroatoms. The number of ketones is 1. The first-order valence-corrected chi connectivity index (χ1v) is 7.77. The van der Waals surface area contributed by atoms with Crippen molar-refractivity contribution in [2.75, 3.05) is 7.11 Å². The van der Waals surface area contributed by atoms with Crippen molar-refractivity contribution in [1.82, 2.24) is 0 Å². The molecule has 0 aliphatic carbocycles. The van der Waals surface area contributed by atoms with Gasteiger partial charge < -0.3 is 14.6 Å². The summed E-state index contributed by atoms with van der Waals surface area (Å²) in [7, 11) is 1.56. The van der Waals surface area contributed by atoms with Crippen LogP contribution in [0.4, 0.5) is 0 Å². The molecule has 2 aromatic rings. The maximum Gasteiger partial charge on any atom is 0.146 e. The molecule has 0 bridgehead atoms. The molecule has 0 spiro atoms. The third-order valence-electron chi connectivity index (χ3n) is 4.67. The van der Waals surface area contributed by atoms with Crippen LogP contribution in [-0.4, -0.2) is 18.0 Å². The Hall–Kier alpha value is -2.59. The van der Waals surface area contributed by atoms with Gasteiger partial charge in [0.15, 0.2) is 0 Å².